The van der Waals surface area contributed by atoms with E-state index < -0.39 is 18.5 Å². The van der Waals surface area contributed by atoms with Crippen LogP contribution in [0, 0.1) is 0 Å². The van der Waals surface area contributed by atoms with Crippen molar-refractivity contribution < 1.29 is 27.1 Å². The lowest BCUT2D eigenvalue weighted by molar-refractivity contribution is -0.284. The Balaban J connectivity index is 3.37. The number of rotatable bonds is 11. The lowest BCUT2D eigenvalue weighted by Gasteiger charge is -2.19. The Morgan fingerprint density at radius 1 is 0.579 bits per heavy atom. The highest BCUT2D eigenvalue weighted by Crippen LogP contribution is 2.39. The largest absolute Gasteiger partial charge is 0.453 e. The minimum absolute atomic E-state index is 0.0863. The predicted molar refractivity (Wildman–Crippen MR) is 64.3 cm³/mol. The van der Waals surface area contributed by atoms with Crippen LogP contribution < -0.4 is 0 Å². The third-order valence-electron chi connectivity index (χ3n) is 3.06. The van der Waals surface area contributed by atoms with Crippen molar-refractivity contribution in [2.24, 2.45) is 0 Å². The van der Waals surface area contributed by atoms with Crippen molar-refractivity contribution in [2.45, 2.75) is 76.3 Å². The molecule has 0 amide bonds. The summed E-state index contributed by atoms with van der Waals surface area (Å²) in [4.78, 5) is 0. The van der Waals surface area contributed by atoms with Crippen LogP contribution in [-0.4, -0.2) is 23.8 Å². The average molecular weight is 290 g/mol. The maximum atomic E-state index is 12.5. The Kier molecular flexibility index (Phi) is 9.31. The molecular formula is C13H23F5O. The van der Waals surface area contributed by atoms with Gasteiger partial charge >= 0.3 is 12.1 Å². The van der Waals surface area contributed by atoms with Gasteiger partial charge in [0.1, 0.15) is 0 Å². The van der Waals surface area contributed by atoms with Gasteiger partial charge in [-0.25, -0.2) is 0 Å². The van der Waals surface area contributed by atoms with Gasteiger partial charge < -0.3 is 5.11 Å². The molecule has 0 aliphatic carbocycles. The molecule has 0 aliphatic heterocycles. The normalized spacial score (nSPS) is 12.9. The fraction of sp³-hybridized carbons (Fsp3) is 1.00. The molecule has 0 fully saturated rings. The van der Waals surface area contributed by atoms with Crippen LogP contribution in [0.5, 0.6) is 0 Å². The molecule has 0 aromatic rings. The van der Waals surface area contributed by atoms with Gasteiger partial charge in [0, 0.05) is 13.0 Å². The second-order valence-corrected chi connectivity index (χ2v) is 4.86. The van der Waals surface area contributed by atoms with Gasteiger partial charge in [-0.2, -0.15) is 22.0 Å². The molecule has 0 radical (unpaired) electrons. The van der Waals surface area contributed by atoms with E-state index in [1.54, 1.807) is 0 Å². The summed E-state index contributed by atoms with van der Waals surface area (Å²) in [7, 11) is 0. The third kappa shape index (κ3) is 9.19. The minimum Gasteiger partial charge on any atom is -0.396 e. The zero-order valence-electron chi connectivity index (χ0n) is 11.1. The summed E-state index contributed by atoms with van der Waals surface area (Å²) in [6.45, 7) is 0.202. The van der Waals surface area contributed by atoms with Crippen LogP contribution in [0.15, 0.2) is 0 Å². The van der Waals surface area contributed by atoms with Crippen LogP contribution in [0.2, 0.25) is 0 Å². The van der Waals surface area contributed by atoms with E-state index in [0.29, 0.717) is 12.8 Å². The van der Waals surface area contributed by atoms with Crippen molar-refractivity contribution in [3.05, 3.63) is 0 Å². The first-order chi connectivity index (χ1) is 8.81. The predicted octanol–water partition coefficient (Wildman–Crippen LogP) is 5.08. The lowest BCUT2D eigenvalue weighted by atomic mass is 10.0. The summed E-state index contributed by atoms with van der Waals surface area (Å²) in [6.07, 6.45) is 0.198. The molecule has 0 bridgehead atoms. The van der Waals surface area contributed by atoms with Crippen molar-refractivity contribution >= 4 is 0 Å². The van der Waals surface area contributed by atoms with Gasteiger partial charge in [0.25, 0.3) is 0 Å². The zero-order chi connectivity index (χ0) is 14.8. The molecule has 0 aliphatic rings. The van der Waals surface area contributed by atoms with Crippen molar-refractivity contribution in [1.82, 2.24) is 0 Å². The van der Waals surface area contributed by atoms with Crippen LogP contribution in [-0.2, 0) is 0 Å². The molecule has 0 aromatic heterocycles. The average Bonchev–Trinajstić information content (AvgIpc) is 2.30. The van der Waals surface area contributed by atoms with Gasteiger partial charge in [0.2, 0.25) is 0 Å². The number of hydrogen-bond acceptors (Lipinski definition) is 1. The molecule has 0 atom stereocenters. The standard InChI is InChI=1S/C13H23F5O/c14-12(15,13(16,17)18)10-8-6-4-2-1-3-5-7-9-11-19/h19H,1-11H2. The number of alkyl halides is 5. The van der Waals surface area contributed by atoms with Crippen LogP contribution >= 0.6 is 0 Å². The molecule has 1 N–H and O–H groups in total. The van der Waals surface area contributed by atoms with E-state index in [-0.39, 0.29) is 13.0 Å². The highest BCUT2D eigenvalue weighted by atomic mass is 19.4. The molecule has 0 spiro atoms. The highest BCUT2D eigenvalue weighted by molar-refractivity contribution is 4.75. The fourth-order valence-corrected chi connectivity index (χ4v) is 1.84. The smallest absolute Gasteiger partial charge is 0.396 e. The van der Waals surface area contributed by atoms with Crippen molar-refractivity contribution in [1.29, 1.82) is 0 Å². The van der Waals surface area contributed by atoms with Crippen LogP contribution in [0.3, 0.4) is 0 Å². The van der Waals surface area contributed by atoms with Gasteiger partial charge in [0.05, 0.1) is 0 Å². The first kappa shape index (κ1) is 18.6. The molecule has 0 unspecified atom stereocenters. The number of unbranched alkanes of at least 4 members (excludes halogenated alkanes) is 8. The molecule has 0 heterocycles. The summed E-state index contributed by atoms with van der Waals surface area (Å²) in [6, 6.07) is 0. The fourth-order valence-electron chi connectivity index (χ4n) is 1.84. The third-order valence-corrected chi connectivity index (χ3v) is 3.06. The molecule has 6 heteroatoms. The van der Waals surface area contributed by atoms with E-state index in [9.17, 15) is 22.0 Å². The van der Waals surface area contributed by atoms with Gasteiger partial charge in [-0.05, 0) is 12.8 Å². The molecule has 116 valence electrons. The second-order valence-electron chi connectivity index (χ2n) is 4.86. The van der Waals surface area contributed by atoms with E-state index in [2.05, 4.69) is 0 Å². The topological polar surface area (TPSA) is 20.2 Å². The SMILES string of the molecule is OCCCCCCCCCCCC(F)(F)C(F)(F)F. The quantitative estimate of drug-likeness (QED) is 0.416. The van der Waals surface area contributed by atoms with E-state index >= 15 is 0 Å². The summed E-state index contributed by atoms with van der Waals surface area (Å²) in [5.41, 5.74) is 0. The van der Waals surface area contributed by atoms with Gasteiger partial charge in [-0.1, -0.05) is 44.9 Å². The minimum atomic E-state index is -5.42. The monoisotopic (exact) mass is 290 g/mol. The maximum Gasteiger partial charge on any atom is 0.453 e. The Hall–Kier alpha value is -0.390. The highest BCUT2D eigenvalue weighted by Gasteiger charge is 2.56. The maximum absolute atomic E-state index is 12.5. The van der Waals surface area contributed by atoms with Crippen LogP contribution in [0.4, 0.5) is 22.0 Å². The van der Waals surface area contributed by atoms with E-state index in [0.717, 1.165) is 38.5 Å². The number of aliphatic hydroxyl groups excluding tert-OH is 1. The molecule has 0 rings (SSSR count). The van der Waals surface area contributed by atoms with Crippen LogP contribution in [0.1, 0.15) is 64.2 Å². The number of halogens is 5. The molecule has 0 saturated heterocycles. The summed E-state index contributed by atoms with van der Waals surface area (Å²) in [5.74, 6) is -4.54. The Morgan fingerprint density at radius 3 is 1.32 bits per heavy atom. The Labute approximate surface area is 111 Å². The first-order valence-corrected chi connectivity index (χ1v) is 6.86. The van der Waals surface area contributed by atoms with Crippen molar-refractivity contribution in [2.75, 3.05) is 6.61 Å². The lowest BCUT2D eigenvalue weighted by Crippen LogP contribution is -2.36. The summed E-state index contributed by atoms with van der Waals surface area (Å²) >= 11 is 0. The molecular weight excluding hydrogens is 267 g/mol. The van der Waals surface area contributed by atoms with E-state index in [1.807, 2.05) is 0 Å². The van der Waals surface area contributed by atoms with E-state index in [1.165, 1.54) is 0 Å². The molecule has 19 heavy (non-hydrogen) atoms. The van der Waals surface area contributed by atoms with Crippen molar-refractivity contribution in [3.63, 3.8) is 0 Å². The van der Waals surface area contributed by atoms with Gasteiger partial charge in [0.15, 0.2) is 0 Å². The Bertz CT molecular complexity index is 216. The van der Waals surface area contributed by atoms with Crippen LogP contribution in [0.25, 0.3) is 0 Å². The van der Waals surface area contributed by atoms with Gasteiger partial charge in [-0.15, -0.1) is 0 Å². The van der Waals surface area contributed by atoms with E-state index in [4.69, 9.17) is 5.11 Å². The van der Waals surface area contributed by atoms with Crippen molar-refractivity contribution in [3.8, 4) is 0 Å². The summed E-state index contributed by atoms with van der Waals surface area (Å²) in [5, 5.41) is 8.55. The molecule has 1 nitrogen and oxygen atoms in total. The number of aliphatic hydroxyl groups is 1. The molecule has 0 saturated carbocycles. The summed E-state index contributed by atoms with van der Waals surface area (Å²) < 4.78 is 60.6. The first-order valence-electron chi connectivity index (χ1n) is 6.86. The number of hydrogen-bond donors (Lipinski definition) is 1. The Morgan fingerprint density at radius 2 is 0.947 bits per heavy atom. The molecule has 0 aromatic carbocycles. The second kappa shape index (κ2) is 9.50. The van der Waals surface area contributed by atoms with Gasteiger partial charge in [-0.3, -0.25) is 0 Å². The zero-order valence-corrected chi connectivity index (χ0v) is 11.1.